The molecule has 0 radical (unpaired) electrons. The van der Waals surface area contributed by atoms with Gasteiger partial charge in [-0.05, 0) is 49.6 Å². The third-order valence-corrected chi connectivity index (χ3v) is 4.64. The first-order valence-corrected chi connectivity index (χ1v) is 7.61. The lowest BCUT2D eigenvalue weighted by atomic mass is 9.95. The number of ketones is 1. The van der Waals surface area contributed by atoms with Crippen LogP contribution in [0.25, 0.3) is 5.65 Å². The number of hydrogen-bond donors (Lipinski definition) is 0. The molecule has 4 nitrogen and oxygen atoms in total. The van der Waals surface area contributed by atoms with E-state index >= 15 is 0 Å². The molecule has 2 heterocycles. The fraction of sp³-hybridized carbons (Fsp3) is 0.235. The summed E-state index contributed by atoms with van der Waals surface area (Å²) in [7, 11) is 0. The SMILES string of the molecule is CC(=O)c1cccn2c(C3(c4ccc(Cl)cc4)CC3)nnc12. The lowest BCUT2D eigenvalue weighted by molar-refractivity contribution is 0.101. The third-order valence-electron chi connectivity index (χ3n) is 4.39. The minimum atomic E-state index is -0.112. The minimum absolute atomic E-state index is 0.000824. The summed E-state index contributed by atoms with van der Waals surface area (Å²) in [6.07, 6.45) is 3.98. The average Bonchev–Trinajstić information content (AvgIpc) is 3.20. The molecule has 2 aromatic heterocycles. The smallest absolute Gasteiger partial charge is 0.171 e. The largest absolute Gasteiger partial charge is 0.294 e. The van der Waals surface area contributed by atoms with Gasteiger partial charge in [0.05, 0.1) is 11.0 Å². The van der Waals surface area contributed by atoms with E-state index in [0.717, 1.165) is 23.7 Å². The Morgan fingerprint density at radius 1 is 1.18 bits per heavy atom. The number of fused-ring (bicyclic) bond motifs is 1. The topological polar surface area (TPSA) is 47.3 Å². The van der Waals surface area contributed by atoms with Crippen LogP contribution in [0.2, 0.25) is 5.02 Å². The van der Waals surface area contributed by atoms with Crippen LogP contribution in [0.4, 0.5) is 0 Å². The molecule has 0 spiro atoms. The highest BCUT2D eigenvalue weighted by Gasteiger charge is 2.49. The van der Waals surface area contributed by atoms with Gasteiger partial charge in [-0.1, -0.05) is 23.7 Å². The fourth-order valence-corrected chi connectivity index (χ4v) is 3.18. The quantitative estimate of drug-likeness (QED) is 0.693. The predicted molar refractivity (Wildman–Crippen MR) is 84.5 cm³/mol. The van der Waals surface area contributed by atoms with Crippen LogP contribution in [0.5, 0.6) is 0 Å². The van der Waals surface area contributed by atoms with Crippen molar-refractivity contribution in [2.45, 2.75) is 25.2 Å². The van der Waals surface area contributed by atoms with E-state index in [-0.39, 0.29) is 11.2 Å². The normalized spacial score (nSPS) is 15.9. The Morgan fingerprint density at radius 2 is 1.91 bits per heavy atom. The van der Waals surface area contributed by atoms with Gasteiger partial charge in [0, 0.05) is 11.2 Å². The van der Waals surface area contributed by atoms with E-state index < -0.39 is 0 Å². The fourth-order valence-electron chi connectivity index (χ4n) is 3.05. The van der Waals surface area contributed by atoms with E-state index in [4.69, 9.17) is 11.6 Å². The first kappa shape index (κ1) is 13.5. The lowest BCUT2D eigenvalue weighted by Gasteiger charge is -2.14. The van der Waals surface area contributed by atoms with Gasteiger partial charge in [-0.2, -0.15) is 0 Å². The zero-order valence-electron chi connectivity index (χ0n) is 12.1. The Bertz CT molecular complexity index is 879. The van der Waals surface area contributed by atoms with Gasteiger partial charge < -0.3 is 0 Å². The summed E-state index contributed by atoms with van der Waals surface area (Å²) in [5.74, 6) is 0.897. The molecule has 22 heavy (non-hydrogen) atoms. The summed E-state index contributed by atoms with van der Waals surface area (Å²) in [5.41, 5.74) is 2.32. The van der Waals surface area contributed by atoms with Crippen LogP contribution < -0.4 is 0 Å². The molecule has 4 rings (SSSR count). The van der Waals surface area contributed by atoms with Crippen molar-refractivity contribution in [2.24, 2.45) is 0 Å². The molecule has 110 valence electrons. The third kappa shape index (κ3) is 1.87. The zero-order valence-corrected chi connectivity index (χ0v) is 12.8. The van der Waals surface area contributed by atoms with E-state index in [1.165, 1.54) is 5.56 Å². The summed E-state index contributed by atoms with van der Waals surface area (Å²) >= 11 is 5.99. The van der Waals surface area contributed by atoms with Crippen molar-refractivity contribution in [1.29, 1.82) is 0 Å². The molecule has 5 heteroatoms. The molecule has 3 aromatic rings. The summed E-state index contributed by atoms with van der Waals surface area (Å²) in [6.45, 7) is 1.55. The minimum Gasteiger partial charge on any atom is -0.294 e. The molecule has 0 aliphatic heterocycles. The van der Waals surface area contributed by atoms with Gasteiger partial charge in [-0.3, -0.25) is 9.20 Å². The molecule has 1 saturated carbocycles. The van der Waals surface area contributed by atoms with Crippen molar-refractivity contribution in [3.05, 3.63) is 64.6 Å². The van der Waals surface area contributed by atoms with Crippen LogP contribution in [0, 0.1) is 0 Å². The summed E-state index contributed by atoms with van der Waals surface area (Å²) < 4.78 is 1.94. The van der Waals surface area contributed by atoms with E-state index in [1.807, 2.05) is 40.9 Å². The Balaban J connectivity index is 1.90. The molecule has 1 fully saturated rings. The molecule has 0 bridgehead atoms. The molecule has 0 N–H and O–H groups in total. The zero-order chi connectivity index (χ0) is 15.3. The van der Waals surface area contributed by atoms with Gasteiger partial charge in [0.2, 0.25) is 0 Å². The highest BCUT2D eigenvalue weighted by molar-refractivity contribution is 6.30. The molecule has 1 aliphatic carbocycles. The summed E-state index contributed by atoms with van der Waals surface area (Å²) in [4.78, 5) is 11.7. The van der Waals surface area contributed by atoms with Crippen molar-refractivity contribution in [3.63, 3.8) is 0 Å². The van der Waals surface area contributed by atoms with Crippen LogP contribution in [-0.2, 0) is 5.41 Å². The van der Waals surface area contributed by atoms with Gasteiger partial charge in [-0.15, -0.1) is 10.2 Å². The first-order valence-electron chi connectivity index (χ1n) is 7.23. The number of halogens is 1. The van der Waals surface area contributed by atoms with Crippen LogP contribution in [0.15, 0.2) is 42.6 Å². The van der Waals surface area contributed by atoms with Crippen LogP contribution >= 0.6 is 11.6 Å². The number of hydrogen-bond acceptors (Lipinski definition) is 3. The first-order chi connectivity index (χ1) is 10.6. The van der Waals surface area contributed by atoms with E-state index in [2.05, 4.69) is 10.2 Å². The van der Waals surface area contributed by atoms with Crippen molar-refractivity contribution < 1.29 is 4.79 Å². The highest BCUT2D eigenvalue weighted by Crippen LogP contribution is 2.52. The Morgan fingerprint density at radius 3 is 2.55 bits per heavy atom. The summed E-state index contributed by atoms with van der Waals surface area (Å²) in [6, 6.07) is 11.6. The number of Topliss-reactive ketones (excluding diaryl/α,β-unsaturated/α-hetero) is 1. The molecule has 0 unspecified atom stereocenters. The van der Waals surface area contributed by atoms with Crippen molar-refractivity contribution in [1.82, 2.24) is 14.6 Å². The van der Waals surface area contributed by atoms with Crippen LogP contribution in [-0.4, -0.2) is 20.4 Å². The Labute approximate surface area is 132 Å². The van der Waals surface area contributed by atoms with Crippen LogP contribution in [0.1, 0.15) is 41.5 Å². The Kier molecular flexibility index (Phi) is 2.84. The highest BCUT2D eigenvalue weighted by atomic mass is 35.5. The second-order valence-electron chi connectivity index (χ2n) is 5.78. The van der Waals surface area contributed by atoms with Gasteiger partial charge in [0.1, 0.15) is 5.82 Å². The molecule has 0 atom stereocenters. The lowest BCUT2D eigenvalue weighted by Crippen LogP contribution is -2.13. The molecule has 1 aliphatic rings. The number of pyridine rings is 1. The van der Waals surface area contributed by atoms with Crippen molar-refractivity contribution >= 4 is 23.0 Å². The van der Waals surface area contributed by atoms with Crippen molar-refractivity contribution in [3.8, 4) is 0 Å². The number of carbonyl (C=O) groups is 1. The maximum absolute atomic E-state index is 11.7. The van der Waals surface area contributed by atoms with E-state index in [0.29, 0.717) is 11.2 Å². The number of rotatable bonds is 3. The predicted octanol–water partition coefficient (Wildman–Crippen LogP) is 3.67. The second kappa shape index (κ2) is 4.65. The van der Waals surface area contributed by atoms with E-state index in [1.54, 1.807) is 13.0 Å². The Hall–Kier alpha value is -2.20. The molecular weight excluding hydrogens is 298 g/mol. The number of nitrogens with zero attached hydrogens (tertiary/aromatic N) is 3. The van der Waals surface area contributed by atoms with Crippen molar-refractivity contribution in [2.75, 3.05) is 0 Å². The summed E-state index contributed by atoms with van der Waals surface area (Å²) in [5, 5.41) is 9.38. The monoisotopic (exact) mass is 311 g/mol. The van der Waals surface area contributed by atoms with Gasteiger partial charge in [-0.25, -0.2) is 0 Å². The second-order valence-corrected chi connectivity index (χ2v) is 6.22. The average molecular weight is 312 g/mol. The van der Waals surface area contributed by atoms with Crippen LogP contribution in [0.3, 0.4) is 0 Å². The number of benzene rings is 1. The van der Waals surface area contributed by atoms with E-state index in [9.17, 15) is 4.79 Å². The maximum atomic E-state index is 11.7. The molecule has 1 aromatic carbocycles. The molecule has 0 saturated heterocycles. The molecule has 0 amide bonds. The standard InChI is InChI=1S/C17H14ClN3O/c1-11(22)14-3-2-10-21-15(14)19-20-16(21)17(8-9-17)12-4-6-13(18)7-5-12/h2-7,10H,8-9H2,1H3. The molecular formula is C17H14ClN3O. The number of aromatic nitrogens is 3. The number of carbonyl (C=O) groups excluding carboxylic acids is 1. The maximum Gasteiger partial charge on any atom is 0.171 e. The van der Waals surface area contributed by atoms with Gasteiger partial charge in [0.25, 0.3) is 0 Å². The van der Waals surface area contributed by atoms with Gasteiger partial charge in [0.15, 0.2) is 11.4 Å². The van der Waals surface area contributed by atoms with Gasteiger partial charge >= 0.3 is 0 Å².